The van der Waals surface area contributed by atoms with E-state index in [0.29, 0.717) is 4.47 Å². The van der Waals surface area contributed by atoms with Crippen molar-refractivity contribution in [2.75, 3.05) is 0 Å². The van der Waals surface area contributed by atoms with Gasteiger partial charge in [-0.3, -0.25) is 0 Å². The fourth-order valence-corrected chi connectivity index (χ4v) is 3.81. The van der Waals surface area contributed by atoms with Gasteiger partial charge in [-0.25, -0.2) is 13.1 Å². The molecule has 0 aliphatic rings. The second-order valence-corrected chi connectivity index (χ2v) is 6.80. The van der Waals surface area contributed by atoms with Gasteiger partial charge >= 0.3 is 0 Å². The summed E-state index contributed by atoms with van der Waals surface area (Å²) in [6.45, 7) is 3.56. The first-order valence-corrected chi connectivity index (χ1v) is 7.37. The lowest BCUT2D eigenvalue weighted by molar-refractivity contribution is 0.569. The molecule has 1 rings (SSSR count). The summed E-state index contributed by atoms with van der Waals surface area (Å²) in [5.41, 5.74) is 0. The predicted octanol–water partition coefficient (Wildman–Crippen LogP) is 2.90. The van der Waals surface area contributed by atoms with E-state index in [0.717, 1.165) is 4.47 Å². The van der Waals surface area contributed by atoms with Gasteiger partial charge in [-0.15, -0.1) is 0 Å². The normalized spacial score (nSPS) is 12.1. The van der Waals surface area contributed by atoms with Crippen LogP contribution in [0.3, 0.4) is 0 Å². The number of benzene rings is 1. The van der Waals surface area contributed by atoms with E-state index in [9.17, 15) is 8.42 Å². The Labute approximate surface area is 107 Å². The summed E-state index contributed by atoms with van der Waals surface area (Å²) in [6, 6.07) is 4.91. The van der Waals surface area contributed by atoms with E-state index in [4.69, 9.17) is 0 Å². The molecule has 15 heavy (non-hydrogen) atoms. The molecular formula is C9H11Br2NO2S. The fourth-order valence-electron chi connectivity index (χ4n) is 1.06. The van der Waals surface area contributed by atoms with Gasteiger partial charge in [0.2, 0.25) is 10.0 Å². The molecule has 0 atom stereocenters. The van der Waals surface area contributed by atoms with Crippen LogP contribution in [0, 0.1) is 0 Å². The number of hydrogen-bond donors (Lipinski definition) is 1. The Kier molecular flexibility index (Phi) is 4.34. The van der Waals surface area contributed by atoms with Crippen LogP contribution < -0.4 is 4.72 Å². The van der Waals surface area contributed by atoms with Crippen LogP contribution in [0.2, 0.25) is 0 Å². The molecule has 0 aliphatic carbocycles. The second-order valence-electron chi connectivity index (χ2n) is 3.35. The van der Waals surface area contributed by atoms with Crippen LogP contribution in [0.25, 0.3) is 0 Å². The number of nitrogens with one attached hydrogen (secondary N) is 1. The zero-order valence-electron chi connectivity index (χ0n) is 8.29. The molecule has 0 aromatic heterocycles. The van der Waals surface area contributed by atoms with Crippen molar-refractivity contribution in [3.8, 4) is 0 Å². The fraction of sp³-hybridized carbons (Fsp3) is 0.333. The van der Waals surface area contributed by atoms with E-state index >= 15 is 0 Å². The molecule has 0 amide bonds. The Bertz CT molecular complexity index is 457. The largest absolute Gasteiger partial charge is 0.241 e. The molecule has 0 aliphatic heterocycles. The minimum absolute atomic E-state index is 0.124. The first-order valence-electron chi connectivity index (χ1n) is 4.30. The SMILES string of the molecule is CC(C)NS(=O)(=O)c1cc(Br)ccc1Br. The van der Waals surface area contributed by atoms with E-state index in [1.807, 2.05) is 0 Å². The summed E-state index contributed by atoms with van der Waals surface area (Å²) in [5.74, 6) is 0. The Morgan fingerprint density at radius 1 is 1.27 bits per heavy atom. The van der Waals surface area contributed by atoms with Gasteiger partial charge in [0.15, 0.2) is 0 Å². The summed E-state index contributed by atoms with van der Waals surface area (Å²) < 4.78 is 27.5. The van der Waals surface area contributed by atoms with E-state index < -0.39 is 10.0 Å². The highest BCUT2D eigenvalue weighted by molar-refractivity contribution is 9.11. The third-order valence-corrected chi connectivity index (χ3v) is 4.72. The van der Waals surface area contributed by atoms with E-state index in [1.165, 1.54) is 0 Å². The third-order valence-electron chi connectivity index (χ3n) is 1.57. The zero-order chi connectivity index (χ0) is 11.6. The average molecular weight is 357 g/mol. The molecule has 0 spiro atoms. The van der Waals surface area contributed by atoms with Gasteiger partial charge in [0, 0.05) is 15.0 Å². The van der Waals surface area contributed by atoms with Gasteiger partial charge in [-0.1, -0.05) is 15.9 Å². The van der Waals surface area contributed by atoms with Crippen molar-refractivity contribution < 1.29 is 8.42 Å². The highest BCUT2D eigenvalue weighted by atomic mass is 79.9. The standard InChI is InChI=1S/C9H11Br2NO2S/c1-6(2)12-15(13,14)9-5-7(10)3-4-8(9)11/h3-6,12H,1-2H3. The first-order chi connectivity index (χ1) is 6.83. The van der Waals surface area contributed by atoms with Crippen LogP contribution in [0.5, 0.6) is 0 Å². The van der Waals surface area contributed by atoms with Crippen LogP contribution in [-0.2, 0) is 10.0 Å². The molecule has 0 saturated carbocycles. The molecule has 0 radical (unpaired) electrons. The average Bonchev–Trinajstić information content (AvgIpc) is 2.06. The van der Waals surface area contributed by atoms with Gasteiger partial charge in [-0.2, -0.15) is 0 Å². The summed E-state index contributed by atoms with van der Waals surface area (Å²) >= 11 is 6.46. The molecule has 84 valence electrons. The molecule has 0 saturated heterocycles. The van der Waals surface area contributed by atoms with Crippen molar-refractivity contribution in [1.29, 1.82) is 0 Å². The van der Waals surface area contributed by atoms with Crippen molar-refractivity contribution in [3.63, 3.8) is 0 Å². The second kappa shape index (κ2) is 4.95. The van der Waals surface area contributed by atoms with Crippen LogP contribution in [0.1, 0.15) is 13.8 Å². The molecule has 0 unspecified atom stereocenters. The number of rotatable bonds is 3. The van der Waals surface area contributed by atoms with Gasteiger partial charge in [0.25, 0.3) is 0 Å². The van der Waals surface area contributed by atoms with Crippen molar-refractivity contribution in [2.24, 2.45) is 0 Å². The molecule has 6 heteroatoms. The van der Waals surface area contributed by atoms with Gasteiger partial charge in [0.05, 0.1) is 4.90 Å². The maximum atomic E-state index is 11.9. The van der Waals surface area contributed by atoms with E-state index in [1.54, 1.807) is 32.0 Å². The minimum Gasteiger partial charge on any atom is -0.209 e. The lowest BCUT2D eigenvalue weighted by Crippen LogP contribution is -2.30. The van der Waals surface area contributed by atoms with E-state index in [2.05, 4.69) is 36.6 Å². The van der Waals surface area contributed by atoms with E-state index in [-0.39, 0.29) is 10.9 Å². The van der Waals surface area contributed by atoms with Gasteiger partial charge < -0.3 is 0 Å². The Hall–Kier alpha value is 0.0900. The lowest BCUT2D eigenvalue weighted by Gasteiger charge is -2.11. The van der Waals surface area contributed by atoms with Crippen LogP contribution in [-0.4, -0.2) is 14.5 Å². The molecular weight excluding hydrogens is 346 g/mol. The summed E-state index contributed by atoms with van der Waals surface area (Å²) in [6.07, 6.45) is 0. The number of halogens is 2. The smallest absolute Gasteiger partial charge is 0.209 e. The quantitative estimate of drug-likeness (QED) is 0.905. The monoisotopic (exact) mass is 355 g/mol. The molecule has 3 nitrogen and oxygen atoms in total. The third kappa shape index (κ3) is 3.55. The minimum atomic E-state index is -3.44. The van der Waals surface area contributed by atoms with Crippen molar-refractivity contribution >= 4 is 41.9 Å². The maximum Gasteiger partial charge on any atom is 0.241 e. The molecule has 1 aromatic carbocycles. The Balaban J connectivity index is 3.21. The molecule has 0 heterocycles. The van der Waals surface area contributed by atoms with Gasteiger partial charge in [0.1, 0.15) is 0 Å². The molecule has 1 aromatic rings. The number of hydrogen-bond acceptors (Lipinski definition) is 2. The molecule has 0 bridgehead atoms. The Morgan fingerprint density at radius 2 is 1.87 bits per heavy atom. The topological polar surface area (TPSA) is 46.2 Å². The first kappa shape index (κ1) is 13.2. The highest BCUT2D eigenvalue weighted by Crippen LogP contribution is 2.25. The highest BCUT2D eigenvalue weighted by Gasteiger charge is 2.18. The van der Waals surface area contributed by atoms with Crippen LogP contribution >= 0.6 is 31.9 Å². The Morgan fingerprint density at radius 3 is 2.40 bits per heavy atom. The van der Waals surface area contributed by atoms with Gasteiger partial charge in [-0.05, 0) is 48.0 Å². The van der Waals surface area contributed by atoms with Crippen LogP contribution in [0.15, 0.2) is 32.0 Å². The van der Waals surface area contributed by atoms with Crippen LogP contribution in [0.4, 0.5) is 0 Å². The zero-order valence-corrected chi connectivity index (χ0v) is 12.3. The summed E-state index contributed by atoms with van der Waals surface area (Å²) in [7, 11) is -3.44. The summed E-state index contributed by atoms with van der Waals surface area (Å²) in [5, 5.41) is 0. The van der Waals surface area contributed by atoms with Crippen molar-refractivity contribution in [2.45, 2.75) is 24.8 Å². The molecule has 0 fully saturated rings. The van der Waals surface area contributed by atoms with Crippen molar-refractivity contribution in [1.82, 2.24) is 4.72 Å². The lowest BCUT2D eigenvalue weighted by atomic mass is 10.4. The van der Waals surface area contributed by atoms with Crippen molar-refractivity contribution in [3.05, 3.63) is 27.1 Å². The summed E-state index contributed by atoms with van der Waals surface area (Å²) in [4.78, 5) is 0.241. The maximum absolute atomic E-state index is 11.9. The predicted molar refractivity (Wildman–Crippen MR) is 67.3 cm³/mol. The molecule has 1 N–H and O–H groups in total. The number of sulfonamides is 1.